The van der Waals surface area contributed by atoms with Crippen LogP contribution in [0.4, 0.5) is 4.79 Å². The SMILES string of the molecule is CC(C)(C)OC(=O)N1CCC(O)(CNCCCN)CC1. The first-order chi connectivity index (χ1) is 9.26. The Kier molecular flexibility index (Phi) is 6.23. The van der Waals surface area contributed by atoms with Crippen molar-refractivity contribution in [3.8, 4) is 0 Å². The van der Waals surface area contributed by atoms with Gasteiger partial charge in [0.25, 0.3) is 0 Å². The van der Waals surface area contributed by atoms with Gasteiger partial charge in [0, 0.05) is 19.6 Å². The van der Waals surface area contributed by atoms with E-state index in [1.165, 1.54) is 0 Å². The number of ether oxygens (including phenoxy) is 1. The van der Waals surface area contributed by atoms with Gasteiger partial charge in [0.15, 0.2) is 0 Å². The van der Waals surface area contributed by atoms with Gasteiger partial charge in [-0.1, -0.05) is 0 Å². The molecule has 1 heterocycles. The van der Waals surface area contributed by atoms with E-state index in [0.717, 1.165) is 13.0 Å². The predicted molar refractivity (Wildman–Crippen MR) is 78.5 cm³/mol. The van der Waals surface area contributed by atoms with Crippen molar-refractivity contribution < 1.29 is 14.6 Å². The van der Waals surface area contributed by atoms with Gasteiger partial charge in [-0.05, 0) is 53.1 Å². The molecule has 0 spiro atoms. The van der Waals surface area contributed by atoms with Gasteiger partial charge in [0.2, 0.25) is 0 Å². The lowest BCUT2D eigenvalue weighted by atomic mass is 9.91. The fourth-order valence-corrected chi connectivity index (χ4v) is 2.16. The summed E-state index contributed by atoms with van der Waals surface area (Å²) in [6, 6.07) is 0. The van der Waals surface area contributed by atoms with E-state index in [-0.39, 0.29) is 6.09 Å². The number of hydrogen-bond acceptors (Lipinski definition) is 5. The summed E-state index contributed by atoms with van der Waals surface area (Å²) in [7, 11) is 0. The van der Waals surface area contributed by atoms with E-state index in [1.807, 2.05) is 20.8 Å². The highest BCUT2D eigenvalue weighted by Gasteiger charge is 2.34. The highest BCUT2D eigenvalue weighted by atomic mass is 16.6. The molecule has 0 radical (unpaired) electrons. The zero-order valence-electron chi connectivity index (χ0n) is 12.9. The summed E-state index contributed by atoms with van der Waals surface area (Å²) in [5.74, 6) is 0. The molecule has 0 aromatic heterocycles. The zero-order valence-corrected chi connectivity index (χ0v) is 12.9. The maximum Gasteiger partial charge on any atom is 0.410 e. The monoisotopic (exact) mass is 287 g/mol. The second-order valence-electron chi connectivity index (χ2n) is 6.51. The van der Waals surface area contributed by atoms with Crippen LogP contribution >= 0.6 is 0 Å². The summed E-state index contributed by atoms with van der Waals surface area (Å²) in [6.45, 7) is 8.64. The quantitative estimate of drug-likeness (QED) is 0.647. The smallest absolute Gasteiger partial charge is 0.410 e. The van der Waals surface area contributed by atoms with Crippen molar-refractivity contribution in [2.75, 3.05) is 32.7 Å². The number of likely N-dealkylation sites (tertiary alicyclic amines) is 1. The molecule has 0 aromatic rings. The molecule has 6 nitrogen and oxygen atoms in total. The van der Waals surface area contributed by atoms with E-state index in [2.05, 4.69) is 5.32 Å². The van der Waals surface area contributed by atoms with Crippen molar-refractivity contribution in [1.82, 2.24) is 10.2 Å². The summed E-state index contributed by atoms with van der Waals surface area (Å²) in [5.41, 5.74) is 4.22. The number of nitrogens with zero attached hydrogens (tertiary/aromatic N) is 1. The van der Waals surface area contributed by atoms with Crippen LogP contribution in [0, 0.1) is 0 Å². The second-order valence-corrected chi connectivity index (χ2v) is 6.51. The van der Waals surface area contributed by atoms with Crippen LogP contribution in [0.3, 0.4) is 0 Å². The first-order valence-electron chi connectivity index (χ1n) is 7.37. The number of nitrogens with one attached hydrogen (secondary N) is 1. The van der Waals surface area contributed by atoms with Crippen LogP contribution in [0.25, 0.3) is 0 Å². The lowest BCUT2D eigenvalue weighted by molar-refractivity contribution is -0.0308. The minimum atomic E-state index is -0.729. The van der Waals surface area contributed by atoms with E-state index < -0.39 is 11.2 Å². The number of nitrogens with two attached hydrogens (primary N) is 1. The minimum absolute atomic E-state index is 0.296. The normalized spacial score (nSPS) is 18.9. The maximum absolute atomic E-state index is 11.9. The minimum Gasteiger partial charge on any atom is -0.444 e. The molecular weight excluding hydrogens is 258 g/mol. The van der Waals surface area contributed by atoms with E-state index in [1.54, 1.807) is 4.90 Å². The van der Waals surface area contributed by atoms with E-state index in [0.29, 0.717) is 39.0 Å². The van der Waals surface area contributed by atoms with Crippen molar-refractivity contribution in [1.29, 1.82) is 0 Å². The summed E-state index contributed by atoms with van der Waals surface area (Å²) in [5, 5.41) is 13.6. The van der Waals surface area contributed by atoms with Crippen molar-refractivity contribution in [3.63, 3.8) is 0 Å². The number of rotatable bonds is 5. The largest absolute Gasteiger partial charge is 0.444 e. The molecule has 0 saturated carbocycles. The van der Waals surface area contributed by atoms with Crippen LogP contribution in [0.5, 0.6) is 0 Å². The van der Waals surface area contributed by atoms with Crippen LogP contribution in [0.15, 0.2) is 0 Å². The summed E-state index contributed by atoms with van der Waals surface area (Å²) in [4.78, 5) is 13.6. The van der Waals surface area contributed by atoms with Crippen molar-refractivity contribution >= 4 is 6.09 Å². The molecule has 0 unspecified atom stereocenters. The van der Waals surface area contributed by atoms with Gasteiger partial charge in [-0.2, -0.15) is 0 Å². The van der Waals surface area contributed by atoms with Gasteiger partial charge in [-0.25, -0.2) is 4.79 Å². The summed E-state index contributed by atoms with van der Waals surface area (Å²) < 4.78 is 5.33. The number of piperidine rings is 1. The van der Waals surface area contributed by atoms with Gasteiger partial charge in [-0.15, -0.1) is 0 Å². The van der Waals surface area contributed by atoms with E-state index in [9.17, 15) is 9.90 Å². The van der Waals surface area contributed by atoms with Crippen LogP contribution in [-0.2, 0) is 4.74 Å². The Labute approximate surface area is 121 Å². The lowest BCUT2D eigenvalue weighted by Crippen LogP contribution is -2.52. The van der Waals surface area contributed by atoms with Crippen molar-refractivity contribution in [3.05, 3.63) is 0 Å². The Morgan fingerprint density at radius 1 is 1.40 bits per heavy atom. The molecule has 1 aliphatic heterocycles. The Morgan fingerprint density at radius 2 is 2.00 bits per heavy atom. The molecule has 118 valence electrons. The first kappa shape index (κ1) is 17.2. The maximum atomic E-state index is 11.9. The number of carbonyl (C=O) groups is 1. The highest BCUT2D eigenvalue weighted by Crippen LogP contribution is 2.23. The number of amides is 1. The topological polar surface area (TPSA) is 87.8 Å². The summed E-state index contributed by atoms with van der Waals surface area (Å²) in [6.07, 6.45) is 1.75. The third-order valence-corrected chi connectivity index (χ3v) is 3.36. The fraction of sp³-hybridized carbons (Fsp3) is 0.929. The number of carbonyl (C=O) groups excluding carboxylic acids is 1. The average Bonchev–Trinajstić information content (AvgIpc) is 2.33. The van der Waals surface area contributed by atoms with Gasteiger partial charge in [-0.3, -0.25) is 0 Å². The van der Waals surface area contributed by atoms with E-state index in [4.69, 9.17) is 10.5 Å². The Hall–Kier alpha value is -0.850. The first-order valence-corrected chi connectivity index (χ1v) is 7.37. The van der Waals surface area contributed by atoms with Gasteiger partial charge in [0.05, 0.1) is 5.60 Å². The molecule has 1 fully saturated rings. The highest BCUT2D eigenvalue weighted by molar-refractivity contribution is 5.68. The molecule has 1 rings (SSSR count). The zero-order chi connectivity index (χ0) is 15.2. The predicted octanol–water partition coefficient (Wildman–Crippen LogP) is 0.687. The van der Waals surface area contributed by atoms with Gasteiger partial charge in [0.1, 0.15) is 5.60 Å². The Bertz CT molecular complexity index is 307. The number of aliphatic hydroxyl groups is 1. The third kappa shape index (κ3) is 6.07. The van der Waals surface area contributed by atoms with Crippen molar-refractivity contribution in [2.45, 2.75) is 51.2 Å². The molecule has 0 aromatic carbocycles. The number of hydrogen-bond donors (Lipinski definition) is 3. The average molecular weight is 287 g/mol. The molecule has 20 heavy (non-hydrogen) atoms. The summed E-state index contributed by atoms with van der Waals surface area (Å²) >= 11 is 0. The molecular formula is C14H29N3O3. The second kappa shape index (κ2) is 7.24. The van der Waals surface area contributed by atoms with Crippen LogP contribution in [0.2, 0.25) is 0 Å². The van der Waals surface area contributed by atoms with Crippen LogP contribution in [0.1, 0.15) is 40.0 Å². The lowest BCUT2D eigenvalue weighted by Gasteiger charge is -2.38. The third-order valence-electron chi connectivity index (χ3n) is 3.36. The molecule has 1 amide bonds. The van der Waals surface area contributed by atoms with Crippen LogP contribution < -0.4 is 11.1 Å². The van der Waals surface area contributed by atoms with E-state index >= 15 is 0 Å². The molecule has 0 bridgehead atoms. The Balaban J connectivity index is 2.33. The molecule has 0 atom stereocenters. The molecule has 0 aliphatic carbocycles. The molecule has 1 aliphatic rings. The molecule has 4 N–H and O–H groups in total. The fourth-order valence-electron chi connectivity index (χ4n) is 2.16. The molecule has 1 saturated heterocycles. The van der Waals surface area contributed by atoms with Gasteiger partial charge < -0.3 is 25.8 Å². The standard InChI is InChI=1S/C14H29N3O3/c1-13(2,3)20-12(18)17-9-5-14(19,6-10-17)11-16-8-4-7-15/h16,19H,4-11,15H2,1-3H3. The Morgan fingerprint density at radius 3 is 2.50 bits per heavy atom. The van der Waals surface area contributed by atoms with Crippen molar-refractivity contribution in [2.24, 2.45) is 5.73 Å². The molecule has 6 heteroatoms. The van der Waals surface area contributed by atoms with Crippen LogP contribution in [-0.4, -0.2) is 60.0 Å². The van der Waals surface area contributed by atoms with Gasteiger partial charge >= 0.3 is 6.09 Å².